The van der Waals surface area contributed by atoms with Gasteiger partial charge in [-0.3, -0.25) is 19.2 Å². The number of hydrogen-bond acceptors (Lipinski definition) is 5. The van der Waals surface area contributed by atoms with E-state index in [0.29, 0.717) is 19.5 Å². The second-order valence-electron chi connectivity index (χ2n) is 11.1. The van der Waals surface area contributed by atoms with Gasteiger partial charge in [0.15, 0.2) is 0 Å². The number of nitrogens with two attached hydrogens (primary N) is 2. The molecule has 2 aliphatic heterocycles. The summed E-state index contributed by atoms with van der Waals surface area (Å²) >= 11 is 0. The predicted octanol–water partition coefficient (Wildman–Crippen LogP) is -0.271. The summed E-state index contributed by atoms with van der Waals surface area (Å²) < 4.78 is 0. The van der Waals surface area contributed by atoms with Gasteiger partial charge in [0.05, 0.1) is 6.04 Å². The normalized spacial score (nSPS) is 31.3. The van der Waals surface area contributed by atoms with Crippen molar-refractivity contribution in [2.75, 3.05) is 13.1 Å². The van der Waals surface area contributed by atoms with Crippen molar-refractivity contribution >= 4 is 23.6 Å². The molecular formula is C22H37N5O4. The van der Waals surface area contributed by atoms with Gasteiger partial charge < -0.3 is 27.0 Å². The van der Waals surface area contributed by atoms with E-state index >= 15 is 0 Å². The molecule has 6 N–H and O–H groups in total. The number of hydrogen-bond donors (Lipinski definition) is 4. The largest absolute Gasteiger partial charge is 0.368 e. The van der Waals surface area contributed by atoms with Crippen LogP contribution in [0.1, 0.15) is 53.9 Å². The Labute approximate surface area is 184 Å². The number of piperidine rings is 2. The molecule has 0 bridgehead atoms. The predicted molar refractivity (Wildman–Crippen MR) is 115 cm³/mol. The van der Waals surface area contributed by atoms with Crippen LogP contribution in [0.4, 0.5) is 0 Å². The number of rotatable bonds is 6. The van der Waals surface area contributed by atoms with E-state index in [0.717, 1.165) is 6.42 Å². The van der Waals surface area contributed by atoms with Crippen molar-refractivity contribution in [2.45, 2.75) is 72.0 Å². The number of nitrogens with one attached hydrogen (secondary N) is 2. The molecule has 2 saturated heterocycles. The number of nitrogens with zero attached hydrogens (tertiary/aromatic N) is 1. The van der Waals surface area contributed by atoms with Gasteiger partial charge in [0, 0.05) is 19.0 Å². The molecule has 0 aromatic rings. The summed E-state index contributed by atoms with van der Waals surface area (Å²) in [6.07, 6.45) is 1.63. The molecule has 3 rings (SSSR count). The van der Waals surface area contributed by atoms with Crippen molar-refractivity contribution in [3.05, 3.63) is 0 Å². The Hall–Kier alpha value is -2.16. The smallest absolute Gasteiger partial charge is 0.243 e. The standard InChI is InChI=1S/C22H37N5O4/c1-21(2,3)16(23)20(31)27-10-12-14(22(12,4)5)15(27)19(30)26-13(17(24)28)9-11-7-6-8-25-18(11)29/h11-16H,6-10,23H2,1-5H3,(H2,24,28)(H,25,29)(H,26,30)/t11-,12-,13-,14-,15-,16+/m0/s1. The van der Waals surface area contributed by atoms with Gasteiger partial charge in [-0.1, -0.05) is 34.6 Å². The van der Waals surface area contributed by atoms with Crippen LogP contribution in [0, 0.1) is 28.6 Å². The topological polar surface area (TPSA) is 148 Å². The molecule has 2 heterocycles. The van der Waals surface area contributed by atoms with Gasteiger partial charge in [-0.2, -0.15) is 0 Å². The van der Waals surface area contributed by atoms with Crippen molar-refractivity contribution in [1.29, 1.82) is 0 Å². The summed E-state index contributed by atoms with van der Waals surface area (Å²) in [4.78, 5) is 52.2. The molecule has 0 unspecified atom stereocenters. The average Bonchev–Trinajstić information content (AvgIpc) is 3.02. The van der Waals surface area contributed by atoms with Crippen LogP contribution in [-0.2, 0) is 19.2 Å². The highest BCUT2D eigenvalue weighted by Crippen LogP contribution is 2.65. The maximum atomic E-state index is 13.3. The molecule has 174 valence electrons. The van der Waals surface area contributed by atoms with Gasteiger partial charge in [0.2, 0.25) is 23.6 Å². The Morgan fingerprint density at radius 1 is 1.29 bits per heavy atom. The van der Waals surface area contributed by atoms with Gasteiger partial charge in [-0.25, -0.2) is 0 Å². The molecule has 9 heteroatoms. The zero-order valence-electron chi connectivity index (χ0n) is 19.2. The lowest BCUT2D eigenvalue weighted by Gasteiger charge is -2.36. The van der Waals surface area contributed by atoms with Crippen molar-refractivity contribution in [3.8, 4) is 0 Å². The number of carbonyl (C=O) groups excluding carboxylic acids is 4. The first kappa shape index (κ1) is 23.5. The molecule has 0 aromatic carbocycles. The average molecular weight is 436 g/mol. The van der Waals surface area contributed by atoms with E-state index in [4.69, 9.17) is 11.5 Å². The molecule has 4 amide bonds. The quantitative estimate of drug-likeness (QED) is 0.453. The minimum Gasteiger partial charge on any atom is -0.368 e. The Bertz CT molecular complexity index is 774. The first-order valence-corrected chi connectivity index (χ1v) is 11.2. The fraction of sp³-hybridized carbons (Fsp3) is 0.818. The van der Waals surface area contributed by atoms with Crippen LogP contribution < -0.4 is 22.1 Å². The number of carbonyl (C=O) groups is 4. The summed E-state index contributed by atoms with van der Waals surface area (Å²) in [7, 11) is 0. The minimum atomic E-state index is -0.962. The maximum absolute atomic E-state index is 13.3. The molecule has 31 heavy (non-hydrogen) atoms. The van der Waals surface area contributed by atoms with E-state index in [1.807, 2.05) is 20.8 Å². The van der Waals surface area contributed by atoms with Crippen LogP contribution in [-0.4, -0.2) is 59.7 Å². The molecule has 3 aliphatic rings. The number of primary amides is 1. The van der Waals surface area contributed by atoms with Crippen molar-refractivity contribution in [2.24, 2.45) is 40.1 Å². The molecule has 9 nitrogen and oxygen atoms in total. The Balaban J connectivity index is 1.76. The van der Waals surface area contributed by atoms with Gasteiger partial charge in [-0.15, -0.1) is 0 Å². The van der Waals surface area contributed by atoms with E-state index in [1.54, 1.807) is 4.90 Å². The van der Waals surface area contributed by atoms with Crippen LogP contribution in [0.25, 0.3) is 0 Å². The van der Waals surface area contributed by atoms with Crippen molar-refractivity contribution in [1.82, 2.24) is 15.5 Å². The molecular weight excluding hydrogens is 398 g/mol. The van der Waals surface area contributed by atoms with Crippen LogP contribution in [0.3, 0.4) is 0 Å². The molecule has 0 spiro atoms. The lowest BCUT2D eigenvalue weighted by molar-refractivity contribution is -0.143. The summed E-state index contributed by atoms with van der Waals surface area (Å²) in [5, 5.41) is 5.54. The maximum Gasteiger partial charge on any atom is 0.243 e. The fourth-order valence-electron chi connectivity index (χ4n) is 5.21. The van der Waals surface area contributed by atoms with Crippen molar-refractivity contribution in [3.63, 3.8) is 0 Å². The molecule has 6 atom stereocenters. The third-order valence-electron chi connectivity index (χ3n) is 7.54. The molecule has 1 saturated carbocycles. The van der Waals surface area contributed by atoms with Gasteiger partial charge in [0.25, 0.3) is 0 Å². The molecule has 3 fully saturated rings. The highest BCUT2D eigenvalue weighted by molar-refractivity contribution is 5.94. The lowest BCUT2D eigenvalue weighted by Crippen LogP contribution is -2.59. The summed E-state index contributed by atoms with van der Waals surface area (Å²) in [6.45, 7) is 11.0. The van der Waals surface area contributed by atoms with Crippen molar-refractivity contribution < 1.29 is 19.2 Å². The minimum absolute atomic E-state index is 0.00937. The van der Waals surface area contributed by atoms with E-state index in [9.17, 15) is 19.2 Å². The molecule has 0 radical (unpaired) electrons. The fourth-order valence-corrected chi connectivity index (χ4v) is 5.21. The Kier molecular flexibility index (Phi) is 6.12. The van der Waals surface area contributed by atoms with E-state index in [1.165, 1.54) is 0 Å². The summed E-state index contributed by atoms with van der Waals surface area (Å²) in [5.41, 5.74) is 11.3. The van der Waals surface area contributed by atoms with Crippen LogP contribution >= 0.6 is 0 Å². The Morgan fingerprint density at radius 3 is 2.48 bits per heavy atom. The number of likely N-dealkylation sites (tertiary alicyclic amines) is 1. The third-order valence-corrected chi connectivity index (χ3v) is 7.54. The second kappa shape index (κ2) is 8.07. The highest BCUT2D eigenvalue weighted by Gasteiger charge is 2.69. The van der Waals surface area contributed by atoms with Gasteiger partial charge >= 0.3 is 0 Å². The van der Waals surface area contributed by atoms with Crippen LogP contribution in [0.5, 0.6) is 0 Å². The monoisotopic (exact) mass is 435 g/mol. The van der Waals surface area contributed by atoms with Gasteiger partial charge in [-0.05, 0) is 41.9 Å². The molecule has 1 aliphatic carbocycles. The van der Waals surface area contributed by atoms with Gasteiger partial charge in [0.1, 0.15) is 12.1 Å². The zero-order valence-corrected chi connectivity index (χ0v) is 19.2. The lowest BCUT2D eigenvalue weighted by atomic mass is 9.86. The zero-order chi connectivity index (χ0) is 23.3. The number of amides is 4. The molecule has 0 aromatic heterocycles. The SMILES string of the molecule is CC(C)(C)[C@H](N)C(=O)N1C[C@H]2[C@@H]([C@H]1C(=O)N[C@@H](C[C@@H]1CCCNC1=O)C(N)=O)C2(C)C. The summed E-state index contributed by atoms with van der Waals surface area (Å²) in [6, 6.07) is -2.39. The van der Waals surface area contributed by atoms with E-state index in [2.05, 4.69) is 24.5 Å². The van der Waals surface area contributed by atoms with Crippen LogP contribution in [0.15, 0.2) is 0 Å². The van der Waals surface area contributed by atoms with E-state index in [-0.39, 0.29) is 41.4 Å². The van der Waals surface area contributed by atoms with Crippen LogP contribution in [0.2, 0.25) is 0 Å². The second-order valence-corrected chi connectivity index (χ2v) is 11.1. The highest BCUT2D eigenvalue weighted by atomic mass is 16.2. The first-order valence-electron chi connectivity index (χ1n) is 11.2. The Morgan fingerprint density at radius 2 is 1.94 bits per heavy atom. The number of fused-ring (bicyclic) bond motifs is 1. The summed E-state index contributed by atoms with van der Waals surface area (Å²) in [5.74, 6) is -1.59. The van der Waals surface area contributed by atoms with E-state index < -0.39 is 35.4 Å². The third kappa shape index (κ3) is 4.42. The first-order chi connectivity index (χ1) is 14.3.